The average Bonchev–Trinajstić information content (AvgIpc) is 2.40. The van der Waals surface area contributed by atoms with Gasteiger partial charge in [-0.1, -0.05) is 19.1 Å². The molecular formula is C14H17N3. The maximum atomic E-state index is 6.20. The lowest BCUT2D eigenvalue weighted by Gasteiger charge is -2.14. The van der Waals surface area contributed by atoms with Crippen LogP contribution in [0.4, 0.5) is 0 Å². The van der Waals surface area contributed by atoms with E-state index in [0.29, 0.717) is 0 Å². The molecule has 0 aromatic carbocycles. The van der Waals surface area contributed by atoms with E-state index in [2.05, 4.69) is 23.0 Å². The van der Waals surface area contributed by atoms with Crippen molar-refractivity contribution in [2.24, 2.45) is 5.73 Å². The molecule has 17 heavy (non-hydrogen) atoms. The van der Waals surface area contributed by atoms with Crippen LogP contribution < -0.4 is 5.73 Å². The van der Waals surface area contributed by atoms with Crippen LogP contribution in [0.25, 0.3) is 0 Å². The molecule has 3 nitrogen and oxygen atoms in total. The monoisotopic (exact) mass is 227 g/mol. The van der Waals surface area contributed by atoms with Gasteiger partial charge in [0.05, 0.1) is 11.7 Å². The van der Waals surface area contributed by atoms with Crippen molar-refractivity contribution in [3.05, 3.63) is 59.7 Å². The molecule has 2 N–H and O–H groups in total. The second-order valence-electron chi connectivity index (χ2n) is 4.03. The van der Waals surface area contributed by atoms with Gasteiger partial charge in [-0.05, 0) is 30.2 Å². The molecule has 1 atom stereocenters. The highest BCUT2D eigenvalue weighted by Crippen LogP contribution is 2.17. The summed E-state index contributed by atoms with van der Waals surface area (Å²) in [4.78, 5) is 8.68. The minimum Gasteiger partial charge on any atom is -0.322 e. The van der Waals surface area contributed by atoms with E-state index in [-0.39, 0.29) is 6.04 Å². The molecule has 0 aliphatic rings. The Hall–Kier alpha value is -1.74. The van der Waals surface area contributed by atoms with Crippen molar-refractivity contribution in [1.29, 1.82) is 0 Å². The summed E-state index contributed by atoms with van der Waals surface area (Å²) in [6, 6.07) is 9.84. The highest BCUT2D eigenvalue weighted by Gasteiger charge is 2.12. The van der Waals surface area contributed by atoms with Crippen LogP contribution in [0.5, 0.6) is 0 Å². The molecule has 0 spiro atoms. The molecule has 0 amide bonds. The summed E-state index contributed by atoms with van der Waals surface area (Å²) in [5, 5.41) is 0. The zero-order chi connectivity index (χ0) is 12.1. The number of hydrogen-bond acceptors (Lipinski definition) is 3. The molecular weight excluding hydrogens is 210 g/mol. The Kier molecular flexibility index (Phi) is 3.83. The zero-order valence-electron chi connectivity index (χ0n) is 10.0. The van der Waals surface area contributed by atoms with Gasteiger partial charge in [0, 0.05) is 24.5 Å². The first-order chi connectivity index (χ1) is 8.31. The fraction of sp³-hybridized carbons (Fsp3) is 0.286. The molecule has 0 bridgehead atoms. The number of nitrogens with zero attached hydrogens (tertiary/aromatic N) is 2. The van der Waals surface area contributed by atoms with Crippen LogP contribution in [0.1, 0.15) is 29.9 Å². The van der Waals surface area contributed by atoms with Crippen molar-refractivity contribution in [3.63, 3.8) is 0 Å². The normalized spacial score (nSPS) is 12.4. The van der Waals surface area contributed by atoms with Crippen molar-refractivity contribution in [3.8, 4) is 0 Å². The summed E-state index contributed by atoms with van der Waals surface area (Å²) in [5.74, 6) is 0. The Labute approximate surface area is 102 Å². The molecule has 88 valence electrons. The van der Waals surface area contributed by atoms with Crippen molar-refractivity contribution >= 4 is 0 Å². The Morgan fingerprint density at radius 3 is 2.65 bits per heavy atom. The molecule has 2 aromatic rings. The van der Waals surface area contributed by atoms with E-state index in [9.17, 15) is 0 Å². The second-order valence-corrected chi connectivity index (χ2v) is 4.03. The van der Waals surface area contributed by atoms with Crippen molar-refractivity contribution in [2.45, 2.75) is 25.8 Å². The van der Waals surface area contributed by atoms with Gasteiger partial charge in [-0.3, -0.25) is 9.97 Å². The highest BCUT2D eigenvalue weighted by molar-refractivity contribution is 5.24. The van der Waals surface area contributed by atoms with Crippen molar-refractivity contribution in [1.82, 2.24) is 9.97 Å². The third-order valence-electron chi connectivity index (χ3n) is 2.81. The van der Waals surface area contributed by atoms with Gasteiger partial charge in [0.2, 0.25) is 0 Å². The van der Waals surface area contributed by atoms with E-state index in [0.717, 1.165) is 24.2 Å². The molecule has 0 saturated heterocycles. The average molecular weight is 227 g/mol. The molecule has 0 fully saturated rings. The van der Waals surface area contributed by atoms with Crippen LogP contribution >= 0.6 is 0 Å². The zero-order valence-corrected chi connectivity index (χ0v) is 10.0. The summed E-state index contributed by atoms with van der Waals surface area (Å²) in [7, 11) is 0. The molecule has 2 heterocycles. The fourth-order valence-corrected chi connectivity index (χ4v) is 1.92. The number of nitrogens with two attached hydrogens (primary N) is 1. The standard InChI is InChI=1S/C14H17N3/c1-2-11-6-5-9-17-14(11)13(15)10-12-7-3-4-8-16-12/h3-9,13H,2,10,15H2,1H3. The summed E-state index contributed by atoms with van der Waals surface area (Å²) in [5.41, 5.74) is 9.41. The molecule has 0 radical (unpaired) electrons. The molecule has 2 aromatic heterocycles. The predicted molar refractivity (Wildman–Crippen MR) is 68.5 cm³/mol. The van der Waals surface area contributed by atoms with E-state index < -0.39 is 0 Å². The summed E-state index contributed by atoms with van der Waals surface area (Å²) in [6.07, 6.45) is 5.28. The minimum absolute atomic E-state index is 0.0824. The Bertz CT molecular complexity index is 468. The summed E-state index contributed by atoms with van der Waals surface area (Å²) in [6.45, 7) is 2.12. The lowest BCUT2D eigenvalue weighted by atomic mass is 10.0. The lowest BCUT2D eigenvalue weighted by Crippen LogP contribution is -2.17. The van der Waals surface area contributed by atoms with Crippen LogP contribution in [-0.4, -0.2) is 9.97 Å². The molecule has 2 rings (SSSR count). The number of aryl methyl sites for hydroxylation is 1. The van der Waals surface area contributed by atoms with Crippen LogP contribution in [0.2, 0.25) is 0 Å². The van der Waals surface area contributed by atoms with E-state index >= 15 is 0 Å². The van der Waals surface area contributed by atoms with Gasteiger partial charge in [0.25, 0.3) is 0 Å². The third kappa shape index (κ3) is 2.88. The SMILES string of the molecule is CCc1cccnc1C(N)Cc1ccccn1. The predicted octanol–water partition coefficient (Wildman–Crippen LogP) is 2.28. The summed E-state index contributed by atoms with van der Waals surface area (Å²) < 4.78 is 0. The first kappa shape index (κ1) is 11.7. The van der Waals surface area contributed by atoms with Gasteiger partial charge in [-0.25, -0.2) is 0 Å². The van der Waals surface area contributed by atoms with E-state index in [4.69, 9.17) is 5.73 Å². The summed E-state index contributed by atoms with van der Waals surface area (Å²) >= 11 is 0. The number of pyridine rings is 2. The van der Waals surface area contributed by atoms with Crippen LogP contribution in [0, 0.1) is 0 Å². The van der Waals surface area contributed by atoms with Gasteiger partial charge in [0.15, 0.2) is 0 Å². The van der Waals surface area contributed by atoms with Crippen molar-refractivity contribution < 1.29 is 0 Å². The highest BCUT2D eigenvalue weighted by atomic mass is 14.8. The van der Waals surface area contributed by atoms with Gasteiger partial charge in [0.1, 0.15) is 0 Å². The second kappa shape index (κ2) is 5.55. The molecule has 0 saturated carbocycles. The third-order valence-corrected chi connectivity index (χ3v) is 2.81. The Balaban J connectivity index is 2.17. The van der Waals surface area contributed by atoms with Crippen molar-refractivity contribution in [2.75, 3.05) is 0 Å². The quantitative estimate of drug-likeness (QED) is 0.871. The number of hydrogen-bond donors (Lipinski definition) is 1. The van der Waals surface area contributed by atoms with Gasteiger partial charge in [-0.2, -0.15) is 0 Å². The maximum absolute atomic E-state index is 6.20. The van der Waals surface area contributed by atoms with Crippen LogP contribution in [-0.2, 0) is 12.8 Å². The Morgan fingerprint density at radius 1 is 1.12 bits per heavy atom. The minimum atomic E-state index is -0.0824. The van der Waals surface area contributed by atoms with Gasteiger partial charge >= 0.3 is 0 Å². The smallest absolute Gasteiger partial charge is 0.0606 e. The van der Waals surface area contributed by atoms with Gasteiger partial charge in [-0.15, -0.1) is 0 Å². The van der Waals surface area contributed by atoms with Gasteiger partial charge < -0.3 is 5.73 Å². The number of aromatic nitrogens is 2. The Morgan fingerprint density at radius 2 is 1.94 bits per heavy atom. The fourth-order valence-electron chi connectivity index (χ4n) is 1.92. The first-order valence-corrected chi connectivity index (χ1v) is 5.90. The first-order valence-electron chi connectivity index (χ1n) is 5.90. The topological polar surface area (TPSA) is 51.8 Å². The molecule has 0 aliphatic heterocycles. The van der Waals surface area contributed by atoms with E-state index in [1.807, 2.05) is 24.3 Å². The van der Waals surface area contributed by atoms with E-state index in [1.54, 1.807) is 12.4 Å². The van der Waals surface area contributed by atoms with Crippen LogP contribution in [0.3, 0.4) is 0 Å². The molecule has 3 heteroatoms. The molecule has 1 unspecified atom stereocenters. The number of rotatable bonds is 4. The van der Waals surface area contributed by atoms with Crippen LogP contribution in [0.15, 0.2) is 42.7 Å². The molecule has 0 aliphatic carbocycles. The van der Waals surface area contributed by atoms with E-state index in [1.165, 1.54) is 5.56 Å². The lowest BCUT2D eigenvalue weighted by molar-refractivity contribution is 0.673. The largest absolute Gasteiger partial charge is 0.322 e. The maximum Gasteiger partial charge on any atom is 0.0606 e.